The van der Waals surface area contributed by atoms with Gasteiger partial charge in [-0.3, -0.25) is 14.4 Å². The van der Waals surface area contributed by atoms with Crippen LogP contribution in [0.2, 0.25) is 0 Å². The number of rotatable bonds is 6. The molecule has 1 aliphatic rings. The fourth-order valence-corrected chi connectivity index (χ4v) is 3.06. The van der Waals surface area contributed by atoms with E-state index >= 15 is 0 Å². The van der Waals surface area contributed by atoms with Crippen molar-refractivity contribution in [1.82, 2.24) is 10.2 Å². The summed E-state index contributed by atoms with van der Waals surface area (Å²) >= 11 is 0. The highest BCUT2D eigenvalue weighted by Gasteiger charge is 2.41. The van der Waals surface area contributed by atoms with Crippen LogP contribution in [0.25, 0.3) is 0 Å². The molecule has 0 radical (unpaired) electrons. The molecule has 23 heavy (non-hydrogen) atoms. The van der Waals surface area contributed by atoms with Crippen molar-refractivity contribution in [2.75, 3.05) is 6.54 Å². The van der Waals surface area contributed by atoms with Gasteiger partial charge in [-0.15, -0.1) is 0 Å². The molecule has 0 aromatic carbocycles. The van der Waals surface area contributed by atoms with Crippen LogP contribution in [0.5, 0.6) is 0 Å². The lowest BCUT2D eigenvalue weighted by Crippen LogP contribution is -2.58. The van der Waals surface area contributed by atoms with Crippen molar-refractivity contribution in [3.63, 3.8) is 0 Å². The molecule has 3 amide bonds. The van der Waals surface area contributed by atoms with E-state index in [1.165, 1.54) is 4.90 Å². The Bertz CT molecular complexity index is 452. The quantitative estimate of drug-likeness (QED) is 0.773. The van der Waals surface area contributed by atoms with Crippen LogP contribution in [0.3, 0.4) is 0 Å². The van der Waals surface area contributed by atoms with E-state index in [0.717, 1.165) is 19.3 Å². The molecule has 0 bridgehead atoms. The first-order chi connectivity index (χ1) is 10.6. The zero-order valence-electron chi connectivity index (χ0n) is 15.0. The molecule has 0 aromatic heterocycles. The molecule has 1 rings (SSSR count). The van der Waals surface area contributed by atoms with Gasteiger partial charge < -0.3 is 16.0 Å². The highest BCUT2D eigenvalue weighted by molar-refractivity contribution is 5.93. The van der Waals surface area contributed by atoms with Gasteiger partial charge in [0.25, 0.3) is 0 Å². The molecule has 0 spiro atoms. The Morgan fingerprint density at radius 2 is 1.78 bits per heavy atom. The van der Waals surface area contributed by atoms with E-state index in [9.17, 15) is 14.4 Å². The van der Waals surface area contributed by atoms with Gasteiger partial charge in [0, 0.05) is 12.5 Å². The first-order valence-electron chi connectivity index (χ1n) is 8.53. The Hall–Kier alpha value is -1.59. The van der Waals surface area contributed by atoms with Crippen LogP contribution >= 0.6 is 0 Å². The van der Waals surface area contributed by atoms with E-state index in [0.29, 0.717) is 13.0 Å². The van der Waals surface area contributed by atoms with Gasteiger partial charge in [-0.2, -0.15) is 0 Å². The molecule has 6 nitrogen and oxygen atoms in total. The molecular formula is C17H31N3O3. The lowest BCUT2D eigenvalue weighted by atomic mass is 9.85. The Labute approximate surface area is 139 Å². The molecule has 132 valence electrons. The van der Waals surface area contributed by atoms with Crippen LogP contribution in [0.1, 0.15) is 60.3 Å². The summed E-state index contributed by atoms with van der Waals surface area (Å²) in [5, 5.41) is 2.91. The summed E-state index contributed by atoms with van der Waals surface area (Å²) in [6.45, 7) is 10.2. The fourth-order valence-electron chi connectivity index (χ4n) is 3.06. The molecule has 0 aliphatic carbocycles. The number of likely N-dealkylation sites (tertiary alicyclic amines) is 1. The summed E-state index contributed by atoms with van der Waals surface area (Å²) in [6.07, 6.45) is 2.83. The first kappa shape index (κ1) is 19.5. The van der Waals surface area contributed by atoms with Crippen molar-refractivity contribution in [3.05, 3.63) is 0 Å². The van der Waals surface area contributed by atoms with Gasteiger partial charge in [-0.1, -0.05) is 34.6 Å². The van der Waals surface area contributed by atoms with Gasteiger partial charge in [-0.25, -0.2) is 0 Å². The average Bonchev–Trinajstić information content (AvgIpc) is 2.93. The predicted molar refractivity (Wildman–Crippen MR) is 89.4 cm³/mol. The van der Waals surface area contributed by atoms with E-state index in [1.807, 2.05) is 34.6 Å². The number of hydrogen-bond donors (Lipinski definition) is 2. The molecular weight excluding hydrogens is 294 g/mol. The second-order valence-corrected chi connectivity index (χ2v) is 7.41. The van der Waals surface area contributed by atoms with Crippen molar-refractivity contribution in [1.29, 1.82) is 0 Å². The number of carbonyl (C=O) groups is 3. The van der Waals surface area contributed by atoms with E-state index in [4.69, 9.17) is 5.73 Å². The standard InChI is InChI=1S/C17H31N3O3/c1-6-11(7-2)15(22)19-13(17(3,4)5)16(23)20-10-8-9-12(20)14(18)21/h11-13H,6-10H2,1-5H3,(H2,18,21)(H,19,22)/t12-,13+/m0/s1. The number of primary amides is 1. The minimum atomic E-state index is -0.657. The number of hydrogen-bond acceptors (Lipinski definition) is 3. The average molecular weight is 325 g/mol. The number of nitrogens with two attached hydrogens (primary N) is 1. The number of carbonyl (C=O) groups excluding carboxylic acids is 3. The van der Waals surface area contributed by atoms with Gasteiger partial charge in [0.1, 0.15) is 12.1 Å². The van der Waals surface area contributed by atoms with Crippen LogP contribution < -0.4 is 11.1 Å². The van der Waals surface area contributed by atoms with Gasteiger partial charge >= 0.3 is 0 Å². The topological polar surface area (TPSA) is 92.5 Å². The molecule has 1 heterocycles. The smallest absolute Gasteiger partial charge is 0.246 e. The van der Waals surface area contributed by atoms with Crippen LogP contribution in [-0.4, -0.2) is 41.2 Å². The third-order valence-corrected chi connectivity index (χ3v) is 4.62. The third kappa shape index (κ3) is 4.69. The largest absolute Gasteiger partial charge is 0.368 e. The molecule has 1 saturated heterocycles. The third-order valence-electron chi connectivity index (χ3n) is 4.62. The first-order valence-corrected chi connectivity index (χ1v) is 8.53. The molecule has 2 atom stereocenters. The highest BCUT2D eigenvalue weighted by Crippen LogP contribution is 2.26. The second kappa shape index (κ2) is 7.79. The Morgan fingerprint density at radius 3 is 2.22 bits per heavy atom. The second-order valence-electron chi connectivity index (χ2n) is 7.41. The van der Waals surface area contributed by atoms with Crippen LogP contribution in [0, 0.1) is 11.3 Å². The van der Waals surface area contributed by atoms with Crippen molar-refractivity contribution in [2.24, 2.45) is 17.1 Å². The molecule has 0 saturated carbocycles. The van der Waals surface area contributed by atoms with Crippen LogP contribution in [0.4, 0.5) is 0 Å². The number of nitrogens with one attached hydrogen (secondary N) is 1. The van der Waals surface area contributed by atoms with Gasteiger partial charge in [0.2, 0.25) is 17.7 Å². The summed E-state index contributed by atoms with van der Waals surface area (Å²) in [5.74, 6) is -0.885. The van der Waals surface area contributed by atoms with E-state index < -0.39 is 23.4 Å². The molecule has 3 N–H and O–H groups in total. The fraction of sp³-hybridized carbons (Fsp3) is 0.824. The van der Waals surface area contributed by atoms with Gasteiger partial charge in [0.15, 0.2) is 0 Å². The zero-order chi connectivity index (χ0) is 17.8. The molecule has 1 aliphatic heterocycles. The van der Waals surface area contributed by atoms with E-state index in [1.54, 1.807) is 0 Å². The normalized spacial score (nSPS) is 19.7. The maximum atomic E-state index is 12.9. The Morgan fingerprint density at radius 1 is 1.22 bits per heavy atom. The van der Waals surface area contributed by atoms with Crippen molar-refractivity contribution < 1.29 is 14.4 Å². The van der Waals surface area contributed by atoms with Gasteiger partial charge in [-0.05, 0) is 31.1 Å². The van der Waals surface area contributed by atoms with Crippen LogP contribution in [0.15, 0.2) is 0 Å². The molecule has 0 aromatic rings. The summed E-state index contributed by atoms with van der Waals surface area (Å²) in [4.78, 5) is 38.5. The van der Waals surface area contributed by atoms with E-state index in [2.05, 4.69) is 5.32 Å². The molecule has 1 fully saturated rings. The van der Waals surface area contributed by atoms with Crippen molar-refractivity contribution in [2.45, 2.75) is 72.4 Å². The summed E-state index contributed by atoms with van der Waals surface area (Å²) in [7, 11) is 0. The van der Waals surface area contributed by atoms with Crippen LogP contribution in [-0.2, 0) is 14.4 Å². The highest BCUT2D eigenvalue weighted by atomic mass is 16.2. The lowest BCUT2D eigenvalue weighted by Gasteiger charge is -2.35. The maximum absolute atomic E-state index is 12.9. The number of amides is 3. The molecule has 6 heteroatoms. The Balaban J connectivity index is 2.96. The Kier molecular flexibility index (Phi) is 6.59. The maximum Gasteiger partial charge on any atom is 0.246 e. The SMILES string of the molecule is CCC(CC)C(=O)N[C@H](C(=O)N1CCC[C@H]1C(N)=O)C(C)(C)C. The predicted octanol–water partition coefficient (Wildman–Crippen LogP) is 1.43. The minimum absolute atomic E-state index is 0.0989. The lowest BCUT2D eigenvalue weighted by molar-refractivity contribution is -0.143. The monoisotopic (exact) mass is 325 g/mol. The van der Waals surface area contributed by atoms with Crippen molar-refractivity contribution in [3.8, 4) is 0 Å². The number of nitrogens with zero attached hydrogens (tertiary/aromatic N) is 1. The summed E-state index contributed by atoms with van der Waals surface area (Å²) in [6, 6.07) is -1.21. The summed E-state index contributed by atoms with van der Waals surface area (Å²) in [5.41, 5.74) is 4.97. The summed E-state index contributed by atoms with van der Waals surface area (Å²) < 4.78 is 0. The van der Waals surface area contributed by atoms with Crippen molar-refractivity contribution >= 4 is 17.7 Å². The van der Waals surface area contributed by atoms with E-state index in [-0.39, 0.29) is 17.7 Å². The minimum Gasteiger partial charge on any atom is -0.368 e. The zero-order valence-corrected chi connectivity index (χ0v) is 15.0. The molecule has 0 unspecified atom stereocenters. The van der Waals surface area contributed by atoms with Gasteiger partial charge in [0.05, 0.1) is 0 Å².